The van der Waals surface area contributed by atoms with Crippen LogP contribution in [-0.2, 0) is 9.53 Å². The van der Waals surface area contributed by atoms with E-state index in [-0.39, 0.29) is 35.0 Å². The first kappa shape index (κ1) is 26.5. The molecule has 0 aromatic heterocycles. The summed E-state index contributed by atoms with van der Waals surface area (Å²) in [5, 5.41) is 28.1. The molecule has 0 atom stereocenters. The number of benzene rings is 4. The molecule has 0 aliphatic carbocycles. The van der Waals surface area contributed by atoms with Gasteiger partial charge in [-0.15, -0.1) is 0 Å². The lowest BCUT2D eigenvalue weighted by atomic mass is 9.93. The fourth-order valence-electron chi connectivity index (χ4n) is 3.53. The van der Waals surface area contributed by atoms with Crippen LogP contribution in [0.3, 0.4) is 0 Å². The van der Waals surface area contributed by atoms with Gasteiger partial charge in [-0.1, -0.05) is 91.0 Å². The Morgan fingerprint density at radius 1 is 0.757 bits per heavy atom. The van der Waals surface area contributed by atoms with Crippen LogP contribution in [0.2, 0.25) is 0 Å². The van der Waals surface area contributed by atoms with Crippen LogP contribution in [0.1, 0.15) is 34.0 Å². The molecule has 4 rings (SSSR count). The second-order valence-corrected chi connectivity index (χ2v) is 7.71. The van der Waals surface area contributed by atoms with Crippen LogP contribution in [-0.4, -0.2) is 28.6 Å². The van der Waals surface area contributed by atoms with Gasteiger partial charge in [-0.2, -0.15) is 5.26 Å². The molecule has 2 N–H and O–H groups in total. The molecule has 0 radical (unpaired) electrons. The van der Waals surface area contributed by atoms with Crippen LogP contribution in [0.25, 0.3) is 5.57 Å². The van der Waals surface area contributed by atoms with E-state index in [1.54, 1.807) is 31.2 Å². The van der Waals surface area contributed by atoms with Crippen molar-refractivity contribution in [1.82, 2.24) is 0 Å². The summed E-state index contributed by atoms with van der Waals surface area (Å²) < 4.78 is 5.00. The molecular weight excluding hydrogens is 466 g/mol. The summed E-state index contributed by atoms with van der Waals surface area (Å²) in [6.45, 7) is 1.96. The molecule has 0 amide bonds. The number of ketones is 1. The normalized spacial score (nSPS) is 9.73. The molecule has 184 valence electrons. The van der Waals surface area contributed by atoms with Gasteiger partial charge >= 0.3 is 5.97 Å². The Balaban J connectivity index is 0.000000213. The summed E-state index contributed by atoms with van der Waals surface area (Å²) in [6, 6.07) is 33.4. The van der Waals surface area contributed by atoms with Gasteiger partial charge in [-0.05, 0) is 30.2 Å². The number of phenolic OH excluding ortho intramolecular Hbond substituents is 2. The van der Waals surface area contributed by atoms with E-state index in [0.29, 0.717) is 11.1 Å². The molecule has 0 aliphatic rings. The van der Waals surface area contributed by atoms with E-state index < -0.39 is 5.97 Å². The number of hydrogen-bond donors (Lipinski definition) is 2. The van der Waals surface area contributed by atoms with E-state index >= 15 is 0 Å². The number of phenols is 2. The lowest BCUT2D eigenvalue weighted by Gasteiger charge is -2.11. The van der Waals surface area contributed by atoms with Gasteiger partial charge in [0.2, 0.25) is 0 Å². The molecule has 0 fully saturated rings. The van der Waals surface area contributed by atoms with Crippen molar-refractivity contribution < 1.29 is 24.5 Å². The quantitative estimate of drug-likeness (QED) is 0.150. The number of nitriles is 1. The summed E-state index contributed by atoms with van der Waals surface area (Å²) in [5.41, 5.74) is 2.93. The van der Waals surface area contributed by atoms with Gasteiger partial charge in [0.1, 0.15) is 23.1 Å². The van der Waals surface area contributed by atoms with E-state index in [1.807, 2.05) is 72.8 Å². The number of esters is 1. The molecule has 0 saturated heterocycles. The molecule has 6 nitrogen and oxygen atoms in total. The van der Waals surface area contributed by atoms with Crippen LogP contribution in [0.4, 0.5) is 0 Å². The highest BCUT2D eigenvalue weighted by molar-refractivity contribution is 6.10. The standard InChI is InChI=1S/C18H15NO2.C13H10O3/c1-2-21-18(20)16(13-19)17(14-9-5-3-6-10-14)15-11-7-4-8-12-15;14-10-6-7-11(12(15)8-10)13(16)9-4-2-1-3-5-9/h3-12H,2H2,1H3;1-8,14-15H. The summed E-state index contributed by atoms with van der Waals surface area (Å²) in [6.07, 6.45) is 0. The molecule has 0 spiro atoms. The van der Waals surface area contributed by atoms with Gasteiger partial charge < -0.3 is 14.9 Å². The van der Waals surface area contributed by atoms with Gasteiger partial charge in [-0.3, -0.25) is 4.79 Å². The third kappa shape index (κ3) is 6.93. The average molecular weight is 492 g/mol. The minimum atomic E-state index is -0.595. The Kier molecular flexibility index (Phi) is 9.35. The molecule has 37 heavy (non-hydrogen) atoms. The van der Waals surface area contributed by atoms with E-state index in [2.05, 4.69) is 0 Å². The van der Waals surface area contributed by atoms with Crippen LogP contribution in [0.5, 0.6) is 11.5 Å². The largest absolute Gasteiger partial charge is 0.508 e. The predicted molar refractivity (Wildman–Crippen MR) is 141 cm³/mol. The lowest BCUT2D eigenvalue weighted by Crippen LogP contribution is -2.09. The van der Waals surface area contributed by atoms with Crippen molar-refractivity contribution in [3.05, 3.63) is 137 Å². The zero-order chi connectivity index (χ0) is 26.6. The molecule has 6 heteroatoms. The minimum absolute atomic E-state index is 0.0225. The number of carbonyl (C=O) groups is 2. The van der Waals surface area contributed by atoms with Crippen LogP contribution >= 0.6 is 0 Å². The van der Waals surface area contributed by atoms with E-state index in [0.717, 1.165) is 17.2 Å². The number of rotatable bonds is 6. The molecule has 0 saturated carbocycles. The smallest absolute Gasteiger partial charge is 0.349 e. The van der Waals surface area contributed by atoms with Crippen molar-refractivity contribution in [2.45, 2.75) is 6.92 Å². The number of carbonyl (C=O) groups excluding carboxylic acids is 2. The van der Waals surface area contributed by atoms with Gasteiger partial charge in [0, 0.05) is 17.2 Å². The van der Waals surface area contributed by atoms with Crippen molar-refractivity contribution in [3.63, 3.8) is 0 Å². The van der Waals surface area contributed by atoms with Crippen molar-refractivity contribution in [2.75, 3.05) is 6.61 Å². The van der Waals surface area contributed by atoms with Crippen LogP contribution in [0, 0.1) is 11.3 Å². The Labute approximate surface area is 215 Å². The molecular formula is C31H25NO5. The highest BCUT2D eigenvalue weighted by Crippen LogP contribution is 2.27. The van der Waals surface area contributed by atoms with Crippen LogP contribution < -0.4 is 0 Å². The highest BCUT2D eigenvalue weighted by Gasteiger charge is 2.19. The first-order valence-corrected chi connectivity index (χ1v) is 11.5. The first-order valence-electron chi connectivity index (χ1n) is 11.5. The number of aromatic hydroxyl groups is 2. The van der Waals surface area contributed by atoms with Crippen molar-refractivity contribution in [2.24, 2.45) is 0 Å². The van der Waals surface area contributed by atoms with Gasteiger partial charge in [-0.25, -0.2) is 4.79 Å². The number of hydrogen-bond acceptors (Lipinski definition) is 6. The third-order valence-electron chi connectivity index (χ3n) is 5.23. The summed E-state index contributed by atoms with van der Waals surface area (Å²) in [4.78, 5) is 24.0. The zero-order valence-electron chi connectivity index (χ0n) is 20.2. The fourth-order valence-corrected chi connectivity index (χ4v) is 3.53. The maximum Gasteiger partial charge on any atom is 0.349 e. The van der Waals surface area contributed by atoms with Crippen molar-refractivity contribution in [1.29, 1.82) is 5.26 Å². The molecule has 0 aliphatic heterocycles. The van der Waals surface area contributed by atoms with Gasteiger partial charge in [0.25, 0.3) is 0 Å². The zero-order valence-corrected chi connectivity index (χ0v) is 20.2. The predicted octanol–water partition coefficient (Wildman–Crippen LogP) is 5.90. The number of nitrogens with zero attached hydrogens (tertiary/aromatic N) is 1. The lowest BCUT2D eigenvalue weighted by molar-refractivity contribution is -0.137. The second kappa shape index (κ2) is 13.1. The number of ether oxygens (including phenoxy) is 1. The fraction of sp³-hybridized carbons (Fsp3) is 0.0645. The Bertz CT molecular complexity index is 1380. The molecule has 0 bridgehead atoms. The monoisotopic (exact) mass is 491 g/mol. The second-order valence-electron chi connectivity index (χ2n) is 7.71. The third-order valence-corrected chi connectivity index (χ3v) is 5.23. The van der Waals surface area contributed by atoms with Gasteiger partial charge in [0.15, 0.2) is 5.78 Å². The van der Waals surface area contributed by atoms with E-state index in [4.69, 9.17) is 9.84 Å². The van der Waals surface area contributed by atoms with Crippen molar-refractivity contribution >= 4 is 17.3 Å². The van der Waals surface area contributed by atoms with Crippen LogP contribution in [0.15, 0.2) is 115 Å². The Hall–Kier alpha value is -5.15. The average Bonchev–Trinajstić information content (AvgIpc) is 2.93. The molecule has 0 unspecified atom stereocenters. The minimum Gasteiger partial charge on any atom is -0.508 e. The van der Waals surface area contributed by atoms with Crippen molar-refractivity contribution in [3.8, 4) is 17.6 Å². The SMILES string of the molecule is CCOC(=O)C(C#N)=C(c1ccccc1)c1ccccc1.O=C(c1ccccc1)c1ccc(O)cc1O. The summed E-state index contributed by atoms with van der Waals surface area (Å²) in [7, 11) is 0. The molecule has 4 aromatic rings. The topological polar surface area (TPSA) is 108 Å². The first-order chi connectivity index (χ1) is 18.0. The summed E-state index contributed by atoms with van der Waals surface area (Å²) in [5.74, 6) is -1.14. The van der Waals surface area contributed by atoms with Gasteiger partial charge in [0.05, 0.1) is 12.2 Å². The summed E-state index contributed by atoms with van der Waals surface area (Å²) >= 11 is 0. The highest BCUT2D eigenvalue weighted by atomic mass is 16.5. The Morgan fingerprint density at radius 2 is 1.24 bits per heavy atom. The maximum absolute atomic E-state index is 12.1. The van der Waals surface area contributed by atoms with E-state index in [9.17, 15) is 20.0 Å². The maximum atomic E-state index is 12.1. The molecule has 4 aromatic carbocycles. The molecule has 0 heterocycles. The Morgan fingerprint density at radius 3 is 1.68 bits per heavy atom. The van der Waals surface area contributed by atoms with E-state index in [1.165, 1.54) is 12.1 Å².